The molecule has 1 saturated heterocycles. The number of rotatable bonds is 5. The van der Waals surface area contributed by atoms with E-state index in [0.29, 0.717) is 0 Å². The molecular formula is C12H24N2O. The molecule has 1 heterocycles. The molecule has 0 unspecified atom stereocenters. The van der Waals surface area contributed by atoms with Gasteiger partial charge >= 0.3 is 0 Å². The number of hydrogen-bond donors (Lipinski definition) is 2. The Morgan fingerprint density at radius 1 is 1.53 bits per heavy atom. The van der Waals surface area contributed by atoms with Gasteiger partial charge in [-0.05, 0) is 38.1 Å². The van der Waals surface area contributed by atoms with Gasteiger partial charge in [0.15, 0.2) is 0 Å². The average molecular weight is 212 g/mol. The molecule has 1 rings (SSSR count). The van der Waals surface area contributed by atoms with Crippen LogP contribution in [0.2, 0.25) is 0 Å². The molecule has 0 aliphatic carbocycles. The quantitative estimate of drug-likeness (QED) is 0.679. The van der Waals surface area contributed by atoms with Crippen LogP contribution >= 0.6 is 0 Å². The van der Waals surface area contributed by atoms with Crippen LogP contribution in [0.5, 0.6) is 0 Å². The first-order chi connectivity index (χ1) is 7.20. The summed E-state index contributed by atoms with van der Waals surface area (Å²) in [5.74, 6) is 1.18. The van der Waals surface area contributed by atoms with E-state index in [9.17, 15) is 4.79 Å². The standard InChI is InChI=1S/C12H24N2O/c1-10(2)5-3-8-14-12(15)11-6-4-7-13-9-11/h10-11,13H,3-9H2,1-2H3,(H,14,15)/t11-/m1/s1. The second-order valence-electron chi connectivity index (χ2n) is 4.87. The Kier molecular flexibility index (Phi) is 5.69. The van der Waals surface area contributed by atoms with Crippen LogP contribution in [0.15, 0.2) is 0 Å². The summed E-state index contributed by atoms with van der Waals surface area (Å²) in [5, 5.41) is 6.29. The Labute approximate surface area is 93.0 Å². The van der Waals surface area contributed by atoms with Crippen molar-refractivity contribution in [2.75, 3.05) is 19.6 Å². The lowest BCUT2D eigenvalue weighted by atomic mass is 9.99. The second-order valence-corrected chi connectivity index (χ2v) is 4.87. The molecule has 2 N–H and O–H groups in total. The molecule has 15 heavy (non-hydrogen) atoms. The molecule has 1 atom stereocenters. The molecule has 0 bridgehead atoms. The van der Waals surface area contributed by atoms with Crippen LogP contribution in [0, 0.1) is 11.8 Å². The highest BCUT2D eigenvalue weighted by atomic mass is 16.1. The SMILES string of the molecule is CC(C)CCCNC(=O)[C@@H]1CCCNC1. The molecule has 0 aromatic heterocycles. The van der Waals surface area contributed by atoms with Crippen molar-refractivity contribution in [1.82, 2.24) is 10.6 Å². The van der Waals surface area contributed by atoms with Crippen molar-refractivity contribution in [2.45, 2.75) is 39.5 Å². The molecule has 0 saturated carbocycles. The minimum Gasteiger partial charge on any atom is -0.356 e. The van der Waals surface area contributed by atoms with E-state index in [1.54, 1.807) is 0 Å². The zero-order valence-corrected chi connectivity index (χ0v) is 10.0. The molecule has 1 aliphatic heterocycles. The highest BCUT2D eigenvalue weighted by Crippen LogP contribution is 2.09. The Morgan fingerprint density at radius 3 is 2.93 bits per heavy atom. The summed E-state index contributed by atoms with van der Waals surface area (Å²) in [4.78, 5) is 11.7. The number of amides is 1. The molecule has 0 aromatic carbocycles. The van der Waals surface area contributed by atoms with Gasteiger partial charge in [0.2, 0.25) is 5.91 Å². The average Bonchev–Trinajstić information content (AvgIpc) is 2.25. The monoisotopic (exact) mass is 212 g/mol. The minimum absolute atomic E-state index is 0.206. The number of hydrogen-bond acceptors (Lipinski definition) is 2. The Morgan fingerprint density at radius 2 is 2.33 bits per heavy atom. The molecule has 1 fully saturated rings. The van der Waals surface area contributed by atoms with Gasteiger partial charge in [0, 0.05) is 13.1 Å². The van der Waals surface area contributed by atoms with Crippen LogP contribution in [0.4, 0.5) is 0 Å². The second kappa shape index (κ2) is 6.83. The zero-order chi connectivity index (χ0) is 11.1. The number of carbonyl (C=O) groups excluding carboxylic acids is 1. The molecule has 0 radical (unpaired) electrons. The topological polar surface area (TPSA) is 41.1 Å². The lowest BCUT2D eigenvalue weighted by Gasteiger charge is -2.21. The maximum atomic E-state index is 11.7. The van der Waals surface area contributed by atoms with Crippen LogP contribution in [0.3, 0.4) is 0 Å². The smallest absolute Gasteiger partial charge is 0.224 e. The van der Waals surface area contributed by atoms with Crippen molar-refractivity contribution >= 4 is 5.91 Å². The van der Waals surface area contributed by atoms with Gasteiger partial charge in [0.1, 0.15) is 0 Å². The first-order valence-electron chi connectivity index (χ1n) is 6.18. The van der Waals surface area contributed by atoms with Crippen molar-refractivity contribution in [3.8, 4) is 0 Å². The van der Waals surface area contributed by atoms with Crippen LogP contribution in [-0.2, 0) is 4.79 Å². The molecule has 0 aromatic rings. The molecule has 1 aliphatic rings. The maximum absolute atomic E-state index is 11.7. The lowest BCUT2D eigenvalue weighted by Crippen LogP contribution is -2.40. The van der Waals surface area contributed by atoms with E-state index < -0.39 is 0 Å². The van der Waals surface area contributed by atoms with E-state index in [0.717, 1.165) is 44.8 Å². The third-order valence-corrected chi connectivity index (χ3v) is 2.93. The molecule has 88 valence electrons. The third kappa shape index (κ3) is 5.17. The fourth-order valence-electron chi connectivity index (χ4n) is 1.94. The Balaban J connectivity index is 2.07. The van der Waals surface area contributed by atoms with Gasteiger partial charge in [0.05, 0.1) is 5.92 Å². The van der Waals surface area contributed by atoms with Crippen molar-refractivity contribution in [3.05, 3.63) is 0 Å². The highest BCUT2D eigenvalue weighted by molar-refractivity contribution is 5.78. The highest BCUT2D eigenvalue weighted by Gasteiger charge is 2.19. The Bertz CT molecular complexity index is 186. The summed E-state index contributed by atoms with van der Waals surface area (Å²) in [6, 6.07) is 0. The normalized spacial score (nSPS) is 21.7. The molecule has 1 amide bonds. The predicted molar refractivity (Wildman–Crippen MR) is 62.7 cm³/mol. The van der Waals surface area contributed by atoms with E-state index >= 15 is 0 Å². The molecule has 3 heteroatoms. The van der Waals surface area contributed by atoms with Gasteiger partial charge in [0.25, 0.3) is 0 Å². The third-order valence-electron chi connectivity index (χ3n) is 2.93. The summed E-state index contributed by atoms with van der Waals surface area (Å²) < 4.78 is 0. The summed E-state index contributed by atoms with van der Waals surface area (Å²) in [5.41, 5.74) is 0. The van der Waals surface area contributed by atoms with E-state index in [4.69, 9.17) is 0 Å². The lowest BCUT2D eigenvalue weighted by molar-refractivity contribution is -0.125. The van der Waals surface area contributed by atoms with Gasteiger partial charge in [-0.2, -0.15) is 0 Å². The number of carbonyl (C=O) groups is 1. The minimum atomic E-state index is 0.206. The fourth-order valence-corrected chi connectivity index (χ4v) is 1.94. The molecule has 0 spiro atoms. The summed E-state index contributed by atoms with van der Waals surface area (Å²) in [7, 11) is 0. The fraction of sp³-hybridized carbons (Fsp3) is 0.917. The van der Waals surface area contributed by atoms with Crippen molar-refractivity contribution in [1.29, 1.82) is 0 Å². The van der Waals surface area contributed by atoms with Crippen molar-refractivity contribution in [3.63, 3.8) is 0 Å². The van der Waals surface area contributed by atoms with E-state index in [2.05, 4.69) is 24.5 Å². The van der Waals surface area contributed by atoms with E-state index in [-0.39, 0.29) is 11.8 Å². The van der Waals surface area contributed by atoms with E-state index in [1.165, 1.54) is 6.42 Å². The largest absolute Gasteiger partial charge is 0.356 e. The van der Waals surface area contributed by atoms with E-state index in [1.807, 2.05) is 0 Å². The first kappa shape index (κ1) is 12.5. The summed E-state index contributed by atoms with van der Waals surface area (Å²) >= 11 is 0. The van der Waals surface area contributed by atoms with Crippen LogP contribution in [0.25, 0.3) is 0 Å². The molecule has 3 nitrogen and oxygen atoms in total. The summed E-state index contributed by atoms with van der Waals surface area (Å²) in [6.07, 6.45) is 4.47. The maximum Gasteiger partial charge on any atom is 0.224 e. The predicted octanol–water partition coefficient (Wildman–Crippen LogP) is 1.54. The van der Waals surface area contributed by atoms with Crippen molar-refractivity contribution < 1.29 is 4.79 Å². The Hall–Kier alpha value is -0.570. The van der Waals surface area contributed by atoms with Crippen LogP contribution < -0.4 is 10.6 Å². The van der Waals surface area contributed by atoms with Crippen LogP contribution in [0.1, 0.15) is 39.5 Å². The van der Waals surface area contributed by atoms with Gasteiger partial charge in [-0.3, -0.25) is 4.79 Å². The van der Waals surface area contributed by atoms with Gasteiger partial charge < -0.3 is 10.6 Å². The van der Waals surface area contributed by atoms with Gasteiger partial charge in [-0.1, -0.05) is 13.8 Å². The summed E-state index contributed by atoms with van der Waals surface area (Å²) in [6.45, 7) is 7.19. The number of nitrogens with one attached hydrogen (secondary N) is 2. The van der Waals surface area contributed by atoms with Gasteiger partial charge in [-0.15, -0.1) is 0 Å². The van der Waals surface area contributed by atoms with Gasteiger partial charge in [-0.25, -0.2) is 0 Å². The van der Waals surface area contributed by atoms with Crippen LogP contribution in [-0.4, -0.2) is 25.5 Å². The zero-order valence-electron chi connectivity index (χ0n) is 10.0. The molecular weight excluding hydrogens is 188 g/mol. The first-order valence-corrected chi connectivity index (χ1v) is 6.18. The number of piperidine rings is 1. The van der Waals surface area contributed by atoms with Crippen molar-refractivity contribution in [2.24, 2.45) is 11.8 Å².